The van der Waals surface area contributed by atoms with E-state index in [9.17, 15) is 4.79 Å². The van der Waals surface area contributed by atoms with E-state index in [4.69, 9.17) is 9.47 Å². The monoisotopic (exact) mass is 416 g/mol. The van der Waals surface area contributed by atoms with Crippen LogP contribution in [0, 0.1) is 0 Å². The fraction of sp³-hybridized carbons (Fsp3) is 0.111. The van der Waals surface area contributed by atoms with Gasteiger partial charge in [-0.1, -0.05) is 22.0 Å². The molecule has 2 aromatic carbocycles. The number of hydrogen-bond donors (Lipinski definition) is 0. The van der Waals surface area contributed by atoms with Crippen molar-refractivity contribution in [1.29, 1.82) is 0 Å². The maximum Gasteiger partial charge on any atom is 0.266 e. The van der Waals surface area contributed by atoms with Crippen LogP contribution in [0.1, 0.15) is 5.56 Å². The number of nitrogens with zero attached hydrogens (tertiary/aromatic N) is 2. The second-order valence-corrected chi connectivity index (χ2v) is 7.38. The lowest BCUT2D eigenvalue weighted by atomic mass is 10.2. The number of thioether (sulfide) groups is 1. The van der Waals surface area contributed by atoms with Gasteiger partial charge in [0.1, 0.15) is 0 Å². The summed E-state index contributed by atoms with van der Waals surface area (Å²) < 4.78 is 11.7. The van der Waals surface area contributed by atoms with Gasteiger partial charge in [-0.2, -0.15) is 0 Å². The van der Waals surface area contributed by atoms with Crippen LogP contribution >= 0.6 is 27.7 Å². The van der Waals surface area contributed by atoms with Gasteiger partial charge in [0.25, 0.3) is 5.91 Å². The Kier molecular flexibility index (Phi) is 4.27. The van der Waals surface area contributed by atoms with Crippen molar-refractivity contribution in [2.24, 2.45) is 4.99 Å². The van der Waals surface area contributed by atoms with E-state index in [1.807, 2.05) is 48.5 Å². The second kappa shape index (κ2) is 6.57. The van der Waals surface area contributed by atoms with E-state index in [0.29, 0.717) is 15.8 Å². The second-order valence-electron chi connectivity index (χ2n) is 5.46. The predicted octanol–water partition coefficient (Wildman–Crippen LogP) is 4.41. The number of benzene rings is 2. The van der Waals surface area contributed by atoms with Crippen molar-refractivity contribution in [3.63, 3.8) is 0 Å². The van der Waals surface area contributed by atoms with Gasteiger partial charge in [0, 0.05) is 11.5 Å². The average Bonchev–Trinajstić information content (AvgIpc) is 3.17. The maximum absolute atomic E-state index is 12.5. The summed E-state index contributed by atoms with van der Waals surface area (Å²) in [4.78, 5) is 19.2. The van der Waals surface area contributed by atoms with Crippen molar-refractivity contribution in [2.45, 2.75) is 0 Å². The molecule has 1 fully saturated rings. The number of rotatable bonds is 2. The number of halogens is 1. The fourth-order valence-electron chi connectivity index (χ4n) is 2.43. The summed E-state index contributed by atoms with van der Waals surface area (Å²) in [6.45, 7) is 0.232. The summed E-state index contributed by atoms with van der Waals surface area (Å²) in [6, 6.07) is 13.3. The smallest absolute Gasteiger partial charge is 0.266 e. The van der Waals surface area contributed by atoms with Gasteiger partial charge in [0.15, 0.2) is 16.7 Å². The molecular weight excluding hydrogens is 404 g/mol. The van der Waals surface area contributed by atoms with E-state index in [2.05, 4.69) is 20.9 Å². The number of ether oxygens (including phenoxy) is 2. The zero-order valence-corrected chi connectivity index (χ0v) is 15.6. The molecule has 7 heteroatoms. The molecule has 0 aliphatic carbocycles. The van der Waals surface area contributed by atoms with Crippen molar-refractivity contribution in [1.82, 2.24) is 4.90 Å². The van der Waals surface area contributed by atoms with Crippen molar-refractivity contribution in [3.05, 3.63) is 57.4 Å². The van der Waals surface area contributed by atoms with Crippen LogP contribution in [-0.4, -0.2) is 29.8 Å². The molecule has 0 atom stereocenters. The normalized spacial score (nSPS) is 19.3. The highest BCUT2D eigenvalue weighted by atomic mass is 79.9. The zero-order valence-electron chi connectivity index (χ0n) is 13.2. The molecule has 0 radical (unpaired) electrons. The molecule has 2 aliphatic heterocycles. The molecule has 0 bridgehead atoms. The molecule has 5 nitrogen and oxygen atoms in total. The fourth-order valence-corrected chi connectivity index (χ4v) is 3.68. The minimum Gasteiger partial charge on any atom is -0.454 e. The van der Waals surface area contributed by atoms with E-state index < -0.39 is 0 Å². The Hall–Kier alpha value is -2.25. The highest BCUT2D eigenvalue weighted by Crippen LogP contribution is 2.36. The molecule has 2 heterocycles. The number of carbonyl (C=O) groups is 1. The van der Waals surface area contributed by atoms with Crippen LogP contribution in [-0.2, 0) is 4.79 Å². The van der Waals surface area contributed by atoms with Crippen LogP contribution in [0.5, 0.6) is 11.5 Å². The molecule has 25 heavy (non-hydrogen) atoms. The molecule has 0 unspecified atom stereocenters. The minimum atomic E-state index is -0.0708. The van der Waals surface area contributed by atoms with Gasteiger partial charge >= 0.3 is 0 Å². The standard InChI is InChI=1S/C18H13BrN2O3S/c1-21-17(22)16(9-11-2-7-14-15(8-11)24-10-23-14)25-18(21)20-13-5-3-12(19)4-6-13/h2-9H,10H2,1H3/b16-9-,20-18?. The summed E-state index contributed by atoms with van der Waals surface area (Å²) in [5.41, 5.74) is 1.69. The first-order chi connectivity index (χ1) is 12.1. The van der Waals surface area contributed by atoms with Crippen LogP contribution in [0.15, 0.2) is 56.8 Å². The van der Waals surface area contributed by atoms with E-state index in [-0.39, 0.29) is 12.7 Å². The number of hydrogen-bond acceptors (Lipinski definition) is 5. The van der Waals surface area contributed by atoms with Gasteiger partial charge < -0.3 is 9.47 Å². The third-order valence-electron chi connectivity index (χ3n) is 3.75. The van der Waals surface area contributed by atoms with Gasteiger partial charge in [0.2, 0.25) is 6.79 Å². The SMILES string of the molecule is CN1C(=O)/C(=C/c2ccc3c(c2)OCO3)SC1=Nc1ccc(Br)cc1. The summed E-state index contributed by atoms with van der Waals surface area (Å²) in [5, 5.41) is 0.652. The molecule has 0 saturated carbocycles. The molecule has 1 saturated heterocycles. The summed E-state index contributed by atoms with van der Waals surface area (Å²) in [5.74, 6) is 1.35. The molecule has 2 aromatic rings. The number of likely N-dealkylation sites (N-methyl/N-ethyl adjacent to an activating group) is 1. The van der Waals surface area contributed by atoms with Crippen LogP contribution in [0.25, 0.3) is 6.08 Å². The van der Waals surface area contributed by atoms with Crippen LogP contribution in [0.2, 0.25) is 0 Å². The van der Waals surface area contributed by atoms with Crippen molar-refractivity contribution in [2.75, 3.05) is 13.8 Å². The molecule has 2 aliphatic rings. The van der Waals surface area contributed by atoms with E-state index in [0.717, 1.165) is 21.5 Å². The molecule has 1 amide bonds. The van der Waals surface area contributed by atoms with Crippen molar-refractivity contribution in [3.8, 4) is 11.5 Å². The third kappa shape index (κ3) is 3.29. The Labute approximate surface area is 157 Å². The zero-order chi connectivity index (χ0) is 17.4. The number of carbonyl (C=O) groups excluding carboxylic acids is 1. The Bertz CT molecular complexity index is 909. The highest BCUT2D eigenvalue weighted by Gasteiger charge is 2.30. The van der Waals surface area contributed by atoms with Crippen LogP contribution < -0.4 is 9.47 Å². The number of fused-ring (bicyclic) bond motifs is 1. The molecule has 126 valence electrons. The first kappa shape index (κ1) is 16.2. The highest BCUT2D eigenvalue weighted by molar-refractivity contribution is 9.10. The maximum atomic E-state index is 12.5. The van der Waals surface area contributed by atoms with Crippen molar-refractivity contribution < 1.29 is 14.3 Å². The van der Waals surface area contributed by atoms with E-state index >= 15 is 0 Å². The van der Waals surface area contributed by atoms with Gasteiger partial charge in [-0.3, -0.25) is 9.69 Å². The average molecular weight is 417 g/mol. The Morgan fingerprint density at radius 1 is 1.16 bits per heavy atom. The van der Waals surface area contributed by atoms with Crippen LogP contribution in [0.4, 0.5) is 5.69 Å². The lowest BCUT2D eigenvalue weighted by molar-refractivity contribution is -0.121. The van der Waals surface area contributed by atoms with E-state index in [1.54, 1.807) is 11.9 Å². The number of amides is 1. The first-order valence-electron chi connectivity index (χ1n) is 7.52. The molecule has 0 spiro atoms. The largest absolute Gasteiger partial charge is 0.454 e. The summed E-state index contributed by atoms with van der Waals surface area (Å²) >= 11 is 4.76. The van der Waals surface area contributed by atoms with Gasteiger partial charge in [-0.05, 0) is 59.8 Å². The third-order valence-corrected chi connectivity index (χ3v) is 5.34. The Morgan fingerprint density at radius 3 is 2.72 bits per heavy atom. The molecule has 0 N–H and O–H groups in total. The number of aliphatic imine (C=N–C) groups is 1. The molecule has 0 aromatic heterocycles. The van der Waals surface area contributed by atoms with Crippen LogP contribution in [0.3, 0.4) is 0 Å². The molecular formula is C18H13BrN2O3S. The van der Waals surface area contributed by atoms with Gasteiger partial charge in [-0.25, -0.2) is 4.99 Å². The summed E-state index contributed by atoms with van der Waals surface area (Å²) in [6.07, 6.45) is 1.84. The minimum absolute atomic E-state index is 0.0708. The number of amidine groups is 1. The first-order valence-corrected chi connectivity index (χ1v) is 9.12. The lowest BCUT2D eigenvalue weighted by Crippen LogP contribution is -2.23. The quantitative estimate of drug-likeness (QED) is 0.680. The van der Waals surface area contributed by atoms with Gasteiger partial charge in [-0.15, -0.1) is 0 Å². The Morgan fingerprint density at radius 2 is 1.92 bits per heavy atom. The summed E-state index contributed by atoms with van der Waals surface area (Å²) in [7, 11) is 1.73. The Balaban J connectivity index is 1.61. The molecule has 4 rings (SSSR count). The predicted molar refractivity (Wildman–Crippen MR) is 102 cm³/mol. The lowest BCUT2D eigenvalue weighted by Gasteiger charge is -2.07. The van der Waals surface area contributed by atoms with E-state index in [1.165, 1.54) is 11.8 Å². The topological polar surface area (TPSA) is 51.1 Å². The van der Waals surface area contributed by atoms with Crippen molar-refractivity contribution >= 4 is 50.5 Å². The van der Waals surface area contributed by atoms with Gasteiger partial charge in [0.05, 0.1) is 10.6 Å².